The van der Waals surface area contributed by atoms with E-state index in [1.807, 2.05) is 0 Å². The van der Waals surface area contributed by atoms with E-state index in [9.17, 15) is 17.9 Å². The summed E-state index contributed by atoms with van der Waals surface area (Å²) in [4.78, 5) is -0.478. The number of hydrogen-bond acceptors (Lipinski definition) is 4. The summed E-state index contributed by atoms with van der Waals surface area (Å²) >= 11 is 0. The Morgan fingerprint density at radius 3 is 2.47 bits per heavy atom. The Labute approximate surface area is 98.2 Å². The van der Waals surface area contributed by atoms with E-state index in [2.05, 4.69) is 0 Å². The van der Waals surface area contributed by atoms with Crippen molar-refractivity contribution >= 4 is 9.84 Å². The maximum Gasteiger partial charge on any atom is 0.200 e. The molecule has 6 heteroatoms. The van der Waals surface area contributed by atoms with E-state index in [1.54, 1.807) is 6.07 Å². The van der Waals surface area contributed by atoms with Gasteiger partial charge in [-0.25, -0.2) is 12.8 Å². The molecule has 0 saturated heterocycles. The first-order chi connectivity index (χ1) is 7.93. The van der Waals surface area contributed by atoms with Gasteiger partial charge in [0.1, 0.15) is 10.7 Å². The lowest BCUT2D eigenvalue weighted by atomic mass is 9.82. The fourth-order valence-electron chi connectivity index (χ4n) is 1.95. The number of benzene rings is 1. The molecule has 0 bridgehead atoms. The van der Waals surface area contributed by atoms with E-state index in [4.69, 9.17) is 5.26 Å². The molecule has 90 valence electrons. The molecule has 1 aliphatic rings. The molecule has 1 saturated carbocycles. The summed E-state index contributed by atoms with van der Waals surface area (Å²) in [6, 6.07) is 6.64. The Kier molecular flexibility index (Phi) is 2.68. The predicted octanol–water partition coefficient (Wildman–Crippen LogP) is 1.02. The molecular formula is C11H10FNO3S. The molecule has 1 aromatic rings. The van der Waals surface area contributed by atoms with Crippen LogP contribution in [0.15, 0.2) is 29.2 Å². The summed E-state index contributed by atoms with van der Waals surface area (Å²) in [5.41, 5.74) is 0. The fourth-order valence-corrected chi connectivity index (χ4v) is 3.89. The van der Waals surface area contributed by atoms with Crippen LogP contribution in [0.5, 0.6) is 0 Å². The smallest absolute Gasteiger partial charge is 0.200 e. The molecule has 0 heterocycles. The van der Waals surface area contributed by atoms with E-state index in [-0.39, 0.29) is 12.8 Å². The van der Waals surface area contributed by atoms with Gasteiger partial charge in [-0.3, -0.25) is 0 Å². The molecule has 17 heavy (non-hydrogen) atoms. The summed E-state index contributed by atoms with van der Waals surface area (Å²) in [5, 5.41) is 18.2. The zero-order valence-electron chi connectivity index (χ0n) is 8.80. The van der Waals surface area contributed by atoms with Crippen LogP contribution in [0, 0.1) is 17.1 Å². The van der Waals surface area contributed by atoms with Gasteiger partial charge in [-0.05, 0) is 12.1 Å². The highest BCUT2D eigenvalue weighted by Gasteiger charge is 2.55. The molecule has 0 radical (unpaired) electrons. The third kappa shape index (κ3) is 1.63. The number of halogens is 1. The Morgan fingerprint density at radius 1 is 1.41 bits per heavy atom. The van der Waals surface area contributed by atoms with Gasteiger partial charge in [-0.2, -0.15) is 5.26 Å². The minimum atomic E-state index is -4.07. The first-order valence-corrected chi connectivity index (χ1v) is 6.50. The van der Waals surface area contributed by atoms with Gasteiger partial charge in [-0.1, -0.05) is 12.1 Å². The Bertz CT molecular complexity index is 585. The number of rotatable bonds is 2. The summed E-state index contributed by atoms with van der Waals surface area (Å²) in [5.74, 6) is -0.872. The molecule has 1 N–H and O–H groups in total. The van der Waals surface area contributed by atoms with Crippen LogP contribution in [-0.2, 0) is 9.84 Å². The lowest BCUT2D eigenvalue weighted by Crippen LogP contribution is -2.52. The number of sulfone groups is 1. The van der Waals surface area contributed by atoms with Crippen LogP contribution < -0.4 is 0 Å². The van der Waals surface area contributed by atoms with Crippen molar-refractivity contribution in [1.82, 2.24) is 0 Å². The molecule has 1 aliphatic carbocycles. The molecule has 0 spiro atoms. The van der Waals surface area contributed by atoms with Crippen LogP contribution >= 0.6 is 0 Å². The second kappa shape index (κ2) is 3.79. The van der Waals surface area contributed by atoms with Crippen LogP contribution in [0.3, 0.4) is 0 Å². The van der Waals surface area contributed by atoms with E-state index in [0.29, 0.717) is 0 Å². The minimum absolute atomic E-state index is 0.167. The highest BCUT2D eigenvalue weighted by atomic mass is 32.2. The van der Waals surface area contributed by atoms with Gasteiger partial charge in [0.05, 0.1) is 12.2 Å². The van der Waals surface area contributed by atoms with Crippen molar-refractivity contribution in [3.05, 3.63) is 30.1 Å². The number of aliphatic hydroxyl groups is 1. The van der Waals surface area contributed by atoms with E-state index in [1.165, 1.54) is 12.1 Å². The molecule has 0 unspecified atom stereocenters. The van der Waals surface area contributed by atoms with Crippen LogP contribution in [0.4, 0.5) is 4.39 Å². The minimum Gasteiger partial charge on any atom is -0.393 e. The van der Waals surface area contributed by atoms with E-state index >= 15 is 0 Å². The van der Waals surface area contributed by atoms with E-state index in [0.717, 1.165) is 12.1 Å². The highest BCUT2D eigenvalue weighted by Crippen LogP contribution is 2.42. The van der Waals surface area contributed by atoms with Crippen molar-refractivity contribution in [3.63, 3.8) is 0 Å². The fraction of sp³-hybridized carbons (Fsp3) is 0.364. The predicted molar refractivity (Wildman–Crippen MR) is 57.2 cm³/mol. The van der Waals surface area contributed by atoms with Gasteiger partial charge in [-0.15, -0.1) is 0 Å². The Hall–Kier alpha value is -1.45. The largest absolute Gasteiger partial charge is 0.393 e. The topological polar surface area (TPSA) is 78.2 Å². The number of aliphatic hydroxyl groups excluding tert-OH is 1. The average molecular weight is 255 g/mol. The number of hydrogen-bond donors (Lipinski definition) is 1. The Balaban J connectivity index is 2.52. The standard InChI is InChI=1S/C11H10FNO3S/c12-9-3-1-2-4-10(9)17(15,16)11(7-13)5-8(14)6-11/h1-4,8,14H,5-6H2. The Morgan fingerprint density at radius 2 is 2.00 bits per heavy atom. The van der Waals surface area contributed by atoms with Crippen molar-refractivity contribution < 1.29 is 17.9 Å². The van der Waals surface area contributed by atoms with Gasteiger partial charge < -0.3 is 5.11 Å². The van der Waals surface area contributed by atoms with E-state index < -0.39 is 31.4 Å². The average Bonchev–Trinajstić information content (AvgIpc) is 2.24. The van der Waals surface area contributed by atoms with Crippen LogP contribution in [0.1, 0.15) is 12.8 Å². The van der Waals surface area contributed by atoms with Crippen molar-refractivity contribution in [2.75, 3.05) is 0 Å². The monoisotopic (exact) mass is 255 g/mol. The lowest BCUT2D eigenvalue weighted by molar-refractivity contribution is 0.0764. The molecule has 1 aromatic carbocycles. The molecule has 2 rings (SSSR count). The second-order valence-corrected chi connectivity index (χ2v) is 6.33. The van der Waals surface area contributed by atoms with Crippen molar-refractivity contribution in [1.29, 1.82) is 5.26 Å². The lowest BCUT2D eigenvalue weighted by Gasteiger charge is -2.38. The van der Waals surface area contributed by atoms with Gasteiger partial charge in [0.2, 0.25) is 9.84 Å². The van der Waals surface area contributed by atoms with Gasteiger partial charge in [0.15, 0.2) is 4.75 Å². The SMILES string of the molecule is N#CC1(S(=O)(=O)c2ccccc2F)CC(O)C1. The maximum absolute atomic E-state index is 13.5. The van der Waals surface area contributed by atoms with Gasteiger partial charge in [0.25, 0.3) is 0 Å². The third-order valence-corrected chi connectivity index (χ3v) is 5.34. The third-order valence-electron chi connectivity index (χ3n) is 2.98. The second-order valence-electron chi connectivity index (χ2n) is 4.10. The molecule has 0 atom stereocenters. The van der Waals surface area contributed by atoms with Crippen molar-refractivity contribution in [2.24, 2.45) is 0 Å². The summed E-state index contributed by atoms with van der Waals surface area (Å²) in [7, 11) is -4.07. The zero-order valence-corrected chi connectivity index (χ0v) is 9.61. The van der Waals surface area contributed by atoms with Gasteiger partial charge >= 0.3 is 0 Å². The highest BCUT2D eigenvalue weighted by molar-refractivity contribution is 7.93. The summed E-state index contributed by atoms with van der Waals surface area (Å²) in [6.07, 6.45) is -1.14. The summed E-state index contributed by atoms with van der Waals surface area (Å²) < 4.78 is 36.1. The van der Waals surface area contributed by atoms with Crippen LogP contribution in [0.2, 0.25) is 0 Å². The van der Waals surface area contributed by atoms with Crippen molar-refractivity contribution in [2.45, 2.75) is 28.6 Å². The number of nitriles is 1. The quantitative estimate of drug-likeness (QED) is 0.855. The molecule has 0 amide bonds. The maximum atomic E-state index is 13.5. The summed E-state index contributed by atoms with van der Waals surface area (Å²) in [6.45, 7) is 0. The zero-order chi connectivity index (χ0) is 12.7. The van der Waals surface area contributed by atoms with Crippen molar-refractivity contribution in [3.8, 4) is 6.07 Å². The molecule has 0 aromatic heterocycles. The number of nitrogens with zero attached hydrogens (tertiary/aromatic N) is 1. The molecule has 0 aliphatic heterocycles. The first kappa shape index (κ1) is 12.0. The molecule has 4 nitrogen and oxygen atoms in total. The van der Waals surface area contributed by atoms with Crippen LogP contribution in [-0.4, -0.2) is 24.4 Å². The van der Waals surface area contributed by atoms with Gasteiger partial charge in [0, 0.05) is 12.8 Å². The first-order valence-electron chi connectivity index (χ1n) is 5.01. The molecular weight excluding hydrogens is 245 g/mol. The normalized spacial score (nSPS) is 28.2. The van der Waals surface area contributed by atoms with Crippen LogP contribution in [0.25, 0.3) is 0 Å². The molecule has 1 fully saturated rings.